The van der Waals surface area contributed by atoms with Crippen LogP contribution in [0.15, 0.2) is 24.0 Å². The molecular formula is C19H27N3O6. The molecule has 1 rings (SSSR count). The molecule has 1 heterocycles. The number of cyclic esters (lactones) is 1. The lowest BCUT2D eigenvalue weighted by Crippen LogP contribution is -2.47. The molecule has 0 saturated carbocycles. The van der Waals surface area contributed by atoms with Gasteiger partial charge in [0.05, 0.1) is 24.4 Å². The number of hydrogen-bond donors (Lipinski definition) is 1. The van der Waals surface area contributed by atoms with E-state index in [2.05, 4.69) is 23.8 Å². The summed E-state index contributed by atoms with van der Waals surface area (Å²) >= 11 is 0. The smallest absolute Gasteiger partial charge is 0.433 e. The zero-order valence-corrected chi connectivity index (χ0v) is 16.9. The number of rotatable bonds is 6. The summed E-state index contributed by atoms with van der Waals surface area (Å²) in [5.74, 6) is 5.50. The fourth-order valence-electron chi connectivity index (χ4n) is 2.15. The molecule has 1 aliphatic rings. The molecule has 0 atom stereocenters. The first-order valence-corrected chi connectivity index (χ1v) is 8.86. The van der Waals surface area contributed by atoms with Crippen LogP contribution in [-0.2, 0) is 14.2 Å². The Morgan fingerprint density at radius 1 is 1.32 bits per heavy atom. The molecule has 0 aromatic heterocycles. The average molecular weight is 393 g/mol. The van der Waals surface area contributed by atoms with Crippen molar-refractivity contribution >= 4 is 18.3 Å². The summed E-state index contributed by atoms with van der Waals surface area (Å²) in [7, 11) is 0. The van der Waals surface area contributed by atoms with Gasteiger partial charge in [-0.1, -0.05) is 12.5 Å². The normalized spacial score (nSPS) is 13.6. The number of hydrogen-bond acceptors (Lipinski definition) is 6. The topological polar surface area (TPSA) is 97.4 Å². The zero-order valence-electron chi connectivity index (χ0n) is 16.9. The molecule has 28 heavy (non-hydrogen) atoms. The zero-order chi connectivity index (χ0) is 21.3. The Morgan fingerprint density at radius 2 is 1.96 bits per heavy atom. The molecule has 1 fully saturated rings. The highest BCUT2D eigenvalue weighted by Crippen LogP contribution is 2.18. The summed E-state index contributed by atoms with van der Waals surface area (Å²) in [6, 6.07) is 0. The van der Waals surface area contributed by atoms with E-state index >= 15 is 0 Å². The van der Waals surface area contributed by atoms with E-state index in [0.29, 0.717) is 12.1 Å². The molecule has 0 aromatic rings. The lowest BCUT2D eigenvalue weighted by molar-refractivity contribution is 0.0571. The van der Waals surface area contributed by atoms with Gasteiger partial charge in [-0.15, -0.1) is 5.92 Å². The maximum atomic E-state index is 12.6. The van der Waals surface area contributed by atoms with Gasteiger partial charge in [-0.2, -0.15) is 5.01 Å². The molecule has 0 aliphatic carbocycles. The molecule has 0 unspecified atom stereocenters. The van der Waals surface area contributed by atoms with Crippen LogP contribution in [0, 0.1) is 11.8 Å². The second-order valence-corrected chi connectivity index (χ2v) is 6.42. The van der Waals surface area contributed by atoms with Crippen molar-refractivity contribution in [3.8, 4) is 11.8 Å². The highest BCUT2D eigenvalue weighted by Gasteiger charge is 2.28. The highest BCUT2D eigenvalue weighted by atomic mass is 16.6. The highest BCUT2D eigenvalue weighted by molar-refractivity contribution is 5.76. The van der Waals surface area contributed by atoms with Gasteiger partial charge < -0.3 is 14.2 Å². The summed E-state index contributed by atoms with van der Waals surface area (Å²) in [5.41, 5.74) is 3.05. The molecule has 1 N–H and O–H groups in total. The van der Waals surface area contributed by atoms with Gasteiger partial charge in [0.25, 0.3) is 0 Å². The average Bonchev–Trinajstić information content (AvgIpc) is 2.96. The van der Waals surface area contributed by atoms with E-state index in [0.717, 1.165) is 5.01 Å². The molecule has 0 spiro atoms. The van der Waals surface area contributed by atoms with Crippen molar-refractivity contribution in [2.75, 3.05) is 13.2 Å². The fraction of sp³-hybridized carbons (Fsp3) is 0.526. The first-order chi connectivity index (χ1) is 13.1. The van der Waals surface area contributed by atoms with Crippen molar-refractivity contribution in [3.63, 3.8) is 0 Å². The van der Waals surface area contributed by atoms with Crippen molar-refractivity contribution in [2.24, 2.45) is 0 Å². The first-order valence-electron chi connectivity index (χ1n) is 8.86. The van der Waals surface area contributed by atoms with Crippen molar-refractivity contribution in [1.29, 1.82) is 0 Å². The third-order valence-corrected chi connectivity index (χ3v) is 3.15. The minimum atomic E-state index is -0.849. The Morgan fingerprint density at radius 3 is 2.46 bits per heavy atom. The fourth-order valence-corrected chi connectivity index (χ4v) is 2.15. The quantitative estimate of drug-likeness (QED) is 0.423. The predicted octanol–water partition coefficient (Wildman–Crippen LogP) is 3.15. The number of hydrazine groups is 1. The van der Waals surface area contributed by atoms with Crippen LogP contribution in [0.4, 0.5) is 14.4 Å². The van der Waals surface area contributed by atoms with Crippen LogP contribution in [0.5, 0.6) is 0 Å². The molecule has 9 nitrogen and oxygen atoms in total. The second kappa shape index (κ2) is 10.9. The van der Waals surface area contributed by atoms with Gasteiger partial charge in [-0.3, -0.25) is 4.90 Å². The Hall–Kier alpha value is -3.15. The van der Waals surface area contributed by atoms with E-state index in [4.69, 9.17) is 14.2 Å². The van der Waals surface area contributed by atoms with Crippen LogP contribution in [0.3, 0.4) is 0 Å². The van der Waals surface area contributed by atoms with Crippen molar-refractivity contribution < 1.29 is 28.6 Å². The number of carbonyl (C=O) groups is 3. The second-order valence-electron chi connectivity index (χ2n) is 6.42. The van der Waals surface area contributed by atoms with Crippen LogP contribution >= 0.6 is 0 Å². The van der Waals surface area contributed by atoms with Gasteiger partial charge in [-0.25, -0.2) is 19.8 Å². The monoisotopic (exact) mass is 393 g/mol. The predicted molar refractivity (Wildman–Crippen MR) is 102 cm³/mol. The molecule has 1 saturated heterocycles. The summed E-state index contributed by atoms with van der Waals surface area (Å²) in [5, 5.41) is 0.888. The molecular weight excluding hydrogens is 366 g/mol. The van der Waals surface area contributed by atoms with Crippen LogP contribution < -0.4 is 5.43 Å². The number of allylic oxidation sites excluding steroid dienone is 1. The summed E-state index contributed by atoms with van der Waals surface area (Å²) < 4.78 is 15.2. The summed E-state index contributed by atoms with van der Waals surface area (Å²) in [4.78, 5) is 37.8. The Bertz CT molecular complexity index is 702. The molecule has 9 heteroatoms. The third-order valence-electron chi connectivity index (χ3n) is 3.15. The minimum Gasteiger partial charge on any atom is -0.447 e. The molecule has 0 bridgehead atoms. The van der Waals surface area contributed by atoms with E-state index in [1.807, 2.05) is 0 Å². The Labute approximate surface area is 165 Å². The molecule has 0 radical (unpaired) electrons. The SMILES string of the molecule is C=C(C#CC)C/C(=C\N1CCOC1=O)N(NC(=O)OC(C)C)C(=O)OC(C)C. The van der Waals surface area contributed by atoms with E-state index in [9.17, 15) is 14.4 Å². The lowest BCUT2D eigenvalue weighted by Gasteiger charge is -2.27. The van der Waals surface area contributed by atoms with E-state index in [1.165, 1.54) is 11.1 Å². The largest absolute Gasteiger partial charge is 0.447 e. The number of amides is 3. The van der Waals surface area contributed by atoms with E-state index in [1.54, 1.807) is 34.6 Å². The number of nitrogens with zero attached hydrogens (tertiary/aromatic N) is 2. The molecule has 1 aliphatic heterocycles. The van der Waals surface area contributed by atoms with E-state index < -0.39 is 30.5 Å². The van der Waals surface area contributed by atoms with Crippen LogP contribution in [-0.4, -0.2) is 53.5 Å². The van der Waals surface area contributed by atoms with Crippen molar-refractivity contribution in [3.05, 3.63) is 24.0 Å². The minimum absolute atomic E-state index is 0.0831. The summed E-state index contributed by atoms with van der Waals surface area (Å²) in [6.45, 7) is 12.7. The molecule has 0 aromatic carbocycles. The van der Waals surface area contributed by atoms with Gasteiger partial charge in [0.15, 0.2) is 0 Å². The first kappa shape index (κ1) is 22.9. The number of nitrogens with one attached hydrogen (secondary N) is 1. The Kier molecular flexibility index (Phi) is 8.88. The van der Waals surface area contributed by atoms with Crippen LogP contribution in [0.25, 0.3) is 0 Å². The lowest BCUT2D eigenvalue weighted by atomic mass is 10.1. The maximum absolute atomic E-state index is 12.6. The number of ether oxygens (including phenoxy) is 3. The van der Waals surface area contributed by atoms with Gasteiger partial charge in [-0.05, 0) is 34.6 Å². The maximum Gasteiger partial charge on any atom is 0.433 e. The van der Waals surface area contributed by atoms with Crippen molar-refractivity contribution in [2.45, 2.75) is 53.2 Å². The van der Waals surface area contributed by atoms with Gasteiger partial charge in [0.2, 0.25) is 0 Å². The van der Waals surface area contributed by atoms with Gasteiger partial charge in [0, 0.05) is 18.2 Å². The Balaban J connectivity index is 3.24. The summed E-state index contributed by atoms with van der Waals surface area (Å²) in [6.07, 6.45) is -1.61. The van der Waals surface area contributed by atoms with Crippen molar-refractivity contribution in [1.82, 2.24) is 15.3 Å². The van der Waals surface area contributed by atoms with Gasteiger partial charge >= 0.3 is 18.3 Å². The van der Waals surface area contributed by atoms with Gasteiger partial charge in [0.1, 0.15) is 6.61 Å². The van der Waals surface area contributed by atoms with Crippen LogP contribution in [0.2, 0.25) is 0 Å². The standard InChI is InChI=1S/C19H27N3O6/c1-7-8-15(6)11-16(12-21-9-10-26-18(21)24)22(19(25)28-14(4)5)20-17(23)27-13(2)3/h12-14H,6,9-11H2,1-5H3,(H,20,23)/b16-12+. The van der Waals surface area contributed by atoms with E-state index in [-0.39, 0.29) is 18.7 Å². The molecule has 3 amide bonds. The van der Waals surface area contributed by atoms with Crippen LogP contribution in [0.1, 0.15) is 41.0 Å². The third kappa shape index (κ3) is 7.61. The number of carbonyl (C=O) groups excluding carboxylic acids is 3. The molecule has 154 valence electrons.